The van der Waals surface area contributed by atoms with Crippen molar-refractivity contribution in [3.63, 3.8) is 0 Å². The molecule has 0 saturated heterocycles. The first-order chi connectivity index (χ1) is 8.86. The van der Waals surface area contributed by atoms with Crippen molar-refractivity contribution in [2.24, 2.45) is 0 Å². The Kier molecular flexibility index (Phi) is 2.49. The number of nitrogens with zero attached hydrogens (tertiary/aromatic N) is 4. The first-order valence-corrected chi connectivity index (χ1v) is 5.53. The summed E-state index contributed by atoms with van der Waals surface area (Å²) in [6, 6.07) is 13.5. The Balaban J connectivity index is 2.16. The summed E-state index contributed by atoms with van der Waals surface area (Å²) in [4.78, 5) is 4.08. The van der Waals surface area contributed by atoms with Crippen molar-refractivity contribution >= 4 is 5.82 Å². The molecular formula is C13H11N5. The van der Waals surface area contributed by atoms with Crippen LogP contribution in [0.15, 0.2) is 54.9 Å². The van der Waals surface area contributed by atoms with Gasteiger partial charge in [0.15, 0.2) is 0 Å². The zero-order valence-corrected chi connectivity index (χ0v) is 9.56. The van der Waals surface area contributed by atoms with Gasteiger partial charge in [0.05, 0.1) is 17.6 Å². The third-order valence-corrected chi connectivity index (χ3v) is 2.66. The highest BCUT2D eigenvalue weighted by molar-refractivity contribution is 5.71. The number of nitrogens with two attached hydrogens (primary N) is 1. The second kappa shape index (κ2) is 4.29. The van der Waals surface area contributed by atoms with E-state index in [0.29, 0.717) is 5.82 Å². The molecule has 0 aliphatic carbocycles. The Morgan fingerprint density at radius 1 is 1.00 bits per heavy atom. The van der Waals surface area contributed by atoms with Crippen molar-refractivity contribution in [2.45, 2.75) is 0 Å². The summed E-state index contributed by atoms with van der Waals surface area (Å²) in [5.41, 5.74) is 8.47. The maximum Gasteiger partial charge on any atom is 0.132 e. The van der Waals surface area contributed by atoms with E-state index in [1.54, 1.807) is 17.1 Å². The largest absolute Gasteiger partial charge is 0.383 e. The first-order valence-electron chi connectivity index (χ1n) is 5.53. The molecule has 0 amide bonds. The van der Waals surface area contributed by atoms with E-state index in [4.69, 9.17) is 5.73 Å². The molecule has 0 fully saturated rings. The van der Waals surface area contributed by atoms with Gasteiger partial charge in [-0.25, -0.2) is 9.67 Å². The van der Waals surface area contributed by atoms with E-state index < -0.39 is 0 Å². The third-order valence-electron chi connectivity index (χ3n) is 2.66. The number of hydrogen-bond acceptors (Lipinski definition) is 4. The highest BCUT2D eigenvalue weighted by atomic mass is 15.4. The lowest BCUT2D eigenvalue weighted by atomic mass is 10.2. The molecule has 0 radical (unpaired) electrons. The van der Waals surface area contributed by atoms with Crippen LogP contribution in [0.25, 0.3) is 16.9 Å². The Morgan fingerprint density at radius 2 is 1.83 bits per heavy atom. The molecule has 3 rings (SSSR count). The van der Waals surface area contributed by atoms with Crippen LogP contribution >= 0.6 is 0 Å². The number of nitrogen functional groups attached to an aromatic ring is 1. The lowest BCUT2D eigenvalue weighted by molar-refractivity contribution is 0.808. The summed E-state index contributed by atoms with van der Waals surface area (Å²) in [6.45, 7) is 0. The SMILES string of the molecule is Nc1ncccc1-c1cnnn1-c1ccccc1. The van der Waals surface area contributed by atoms with Gasteiger partial charge in [0.1, 0.15) is 5.82 Å². The van der Waals surface area contributed by atoms with Gasteiger partial charge in [-0.15, -0.1) is 5.10 Å². The molecule has 5 nitrogen and oxygen atoms in total. The normalized spacial score (nSPS) is 10.4. The van der Waals surface area contributed by atoms with Crippen LogP contribution in [-0.4, -0.2) is 20.0 Å². The van der Waals surface area contributed by atoms with Crippen LogP contribution in [0, 0.1) is 0 Å². The van der Waals surface area contributed by atoms with Crippen molar-refractivity contribution in [3.8, 4) is 16.9 Å². The van der Waals surface area contributed by atoms with Gasteiger partial charge in [0.2, 0.25) is 0 Å². The van der Waals surface area contributed by atoms with Gasteiger partial charge in [-0.3, -0.25) is 0 Å². The molecule has 0 aliphatic rings. The second-order valence-electron chi connectivity index (χ2n) is 3.80. The number of aromatic nitrogens is 4. The fourth-order valence-electron chi connectivity index (χ4n) is 1.81. The highest BCUT2D eigenvalue weighted by Crippen LogP contribution is 2.24. The summed E-state index contributed by atoms with van der Waals surface area (Å²) in [7, 11) is 0. The van der Waals surface area contributed by atoms with Crippen molar-refractivity contribution in [2.75, 3.05) is 5.73 Å². The molecule has 0 atom stereocenters. The number of benzene rings is 1. The van der Waals surface area contributed by atoms with Crippen LogP contribution < -0.4 is 5.73 Å². The Labute approximate surface area is 104 Å². The minimum atomic E-state index is 0.469. The lowest BCUT2D eigenvalue weighted by Gasteiger charge is -2.07. The van der Waals surface area contributed by atoms with Gasteiger partial charge in [-0.1, -0.05) is 23.4 Å². The molecule has 0 unspecified atom stereocenters. The van der Waals surface area contributed by atoms with Crippen LogP contribution in [0.4, 0.5) is 5.82 Å². The summed E-state index contributed by atoms with van der Waals surface area (Å²) < 4.78 is 1.74. The number of anilines is 1. The summed E-state index contributed by atoms with van der Waals surface area (Å²) >= 11 is 0. The zero-order valence-electron chi connectivity index (χ0n) is 9.56. The van der Waals surface area contributed by atoms with E-state index in [-0.39, 0.29) is 0 Å². The molecule has 88 valence electrons. The predicted molar refractivity (Wildman–Crippen MR) is 69.0 cm³/mol. The Bertz CT molecular complexity index is 660. The average molecular weight is 237 g/mol. The van der Waals surface area contributed by atoms with Gasteiger partial charge in [0.25, 0.3) is 0 Å². The number of pyridine rings is 1. The number of para-hydroxylation sites is 1. The molecule has 3 aromatic rings. The molecule has 0 spiro atoms. The summed E-state index contributed by atoms with van der Waals surface area (Å²) in [5.74, 6) is 0.469. The molecule has 2 N–H and O–H groups in total. The topological polar surface area (TPSA) is 69.6 Å². The van der Waals surface area contributed by atoms with E-state index >= 15 is 0 Å². The van der Waals surface area contributed by atoms with Crippen molar-refractivity contribution < 1.29 is 0 Å². The minimum absolute atomic E-state index is 0.469. The molecule has 18 heavy (non-hydrogen) atoms. The second-order valence-corrected chi connectivity index (χ2v) is 3.80. The number of hydrogen-bond donors (Lipinski definition) is 1. The van der Waals surface area contributed by atoms with Crippen LogP contribution in [0.2, 0.25) is 0 Å². The molecule has 0 aliphatic heterocycles. The molecule has 2 heterocycles. The maximum atomic E-state index is 5.88. The van der Waals surface area contributed by atoms with Crippen LogP contribution in [0.3, 0.4) is 0 Å². The Morgan fingerprint density at radius 3 is 2.61 bits per heavy atom. The number of rotatable bonds is 2. The smallest absolute Gasteiger partial charge is 0.132 e. The van der Waals surface area contributed by atoms with Crippen LogP contribution in [0.1, 0.15) is 0 Å². The predicted octanol–water partition coefficient (Wildman–Crippen LogP) is 1.91. The van der Waals surface area contributed by atoms with E-state index in [1.807, 2.05) is 42.5 Å². The Hall–Kier alpha value is -2.69. The van der Waals surface area contributed by atoms with Gasteiger partial charge in [-0.05, 0) is 24.3 Å². The molecule has 5 heteroatoms. The standard InChI is InChI=1S/C13H11N5/c14-13-11(7-4-8-15-13)12-9-16-17-18(12)10-5-2-1-3-6-10/h1-9H,(H2,14,15). The molecular weight excluding hydrogens is 226 g/mol. The van der Waals surface area contributed by atoms with Gasteiger partial charge >= 0.3 is 0 Å². The van der Waals surface area contributed by atoms with Crippen molar-refractivity contribution in [1.82, 2.24) is 20.0 Å². The van der Waals surface area contributed by atoms with E-state index in [1.165, 1.54) is 0 Å². The fraction of sp³-hybridized carbons (Fsp3) is 0. The maximum absolute atomic E-state index is 5.88. The molecule has 0 saturated carbocycles. The highest BCUT2D eigenvalue weighted by Gasteiger charge is 2.11. The molecule has 0 bridgehead atoms. The van der Waals surface area contributed by atoms with Gasteiger partial charge in [-0.2, -0.15) is 0 Å². The van der Waals surface area contributed by atoms with Gasteiger partial charge in [0, 0.05) is 11.8 Å². The first kappa shape index (κ1) is 10.5. The molecule has 2 aromatic heterocycles. The van der Waals surface area contributed by atoms with Gasteiger partial charge < -0.3 is 5.73 Å². The summed E-state index contributed by atoms with van der Waals surface area (Å²) in [5, 5.41) is 8.03. The minimum Gasteiger partial charge on any atom is -0.383 e. The third kappa shape index (κ3) is 1.71. The van der Waals surface area contributed by atoms with E-state index in [0.717, 1.165) is 16.9 Å². The van der Waals surface area contributed by atoms with E-state index in [2.05, 4.69) is 15.3 Å². The van der Waals surface area contributed by atoms with Crippen LogP contribution in [0.5, 0.6) is 0 Å². The van der Waals surface area contributed by atoms with E-state index in [9.17, 15) is 0 Å². The van der Waals surface area contributed by atoms with Crippen molar-refractivity contribution in [1.29, 1.82) is 0 Å². The molecule has 1 aromatic carbocycles. The average Bonchev–Trinajstić information content (AvgIpc) is 2.89. The summed E-state index contributed by atoms with van der Waals surface area (Å²) in [6.07, 6.45) is 3.34. The fourth-order valence-corrected chi connectivity index (χ4v) is 1.81. The zero-order chi connectivity index (χ0) is 12.4. The lowest BCUT2D eigenvalue weighted by Crippen LogP contribution is -2.01. The quantitative estimate of drug-likeness (QED) is 0.739. The van der Waals surface area contributed by atoms with Crippen LogP contribution in [-0.2, 0) is 0 Å². The van der Waals surface area contributed by atoms with Crippen molar-refractivity contribution in [3.05, 3.63) is 54.9 Å². The monoisotopic (exact) mass is 237 g/mol.